The molecule has 3 nitrogen and oxygen atoms in total. The van der Waals surface area contributed by atoms with Crippen LogP contribution in [0.15, 0.2) is 36.6 Å². The molecule has 0 aromatic carbocycles. The highest BCUT2D eigenvalue weighted by atomic mass is 28.4. The van der Waals surface area contributed by atoms with Gasteiger partial charge in [0.15, 0.2) is 0 Å². The summed E-state index contributed by atoms with van der Waals surface area (Å²) >= 11 is 0. The fourth-order valence-electron chi connectivity index (χ4n) is 1.34. The van der Waals surface area contributed by atoms with Crippen LogP contribution < -0.4 is 0 Å². The van der Waals surface area contributed by atoms with Crippen molar-refractivity contribution in [3.63, 3.8) is 0 Å². The van der Waals surface area contributed by atoms with Crippen LogP contribution in [-0.2, 0) is 13.3 Å². The molecule has 0 aliphatic heterocycles. The van der Waals surface area contributed by atoms with E-state index in [-0.39, 0.29) is 0 Å². The molecule has 0 aromatic rings. The van der Waals surface area contributed by atoms with E-state index in [1.807, 2.05) is 17.9 Å². The van der Waals surface area contributed by atoms with Crippen LogP contribution in [0.3, 0.4) is 0 Å². The smallest absolute Gasteiger partial charge is 0.374 e. The Bertz CT molecular complexity index is 237. The second-order valence-corrected chi connectivity index (χ2v) is 6.31. The van der Waals surface area contributed by atoms with Gasteiger partial charge in [-0.05, 0) is 31.4 Å². The molecule has 0 atom stereocenters. The molecular weight excluding hydrogens is 232 g/mol. The molecule has 0 aromatic heterocycles. The molecule has 0 aliphatic carbocycles. The molecule has 0 aliphatic rings. The normalized spacial score (nSPS) is 12.6. The minimum absolute atomic E-state index is 0.874. The lowest BCUT2D eigenvalue weighted by atomic mass is 10.2. The van der Waals surface area contributed by atoms with Gasteiger partial charge in [0.2, 0.25) is 0 Å². The summed E-state index contributed by atoms with van der Waals surface area (Å²) in [4.78, 5) is 0. The summed E-state index contributed by atoms with van der Waals surface area (Å²) in [5.41, 5.74) is 1.90. The maximum Gasteiger partial charge on any atom is 0.528 e. The van der Waals surface area contributed by atoms with Crippen LogP contribution in [-0.4, -0.2) is 30.1 Å². The van der Waals surface area contributed by atoms with E-state index >= 15 is 0 Å². The second kappa shape index (κ2) is 10.5. The highest BCUT2D eigenvalue weighted by Crippen LogP contribution is 2.08. The number of unbranched alkanes of at least 4 members (excludes halogenated alkanes) is 2. The topological polar surface area (TPSA) is 27.7 Å². The lowest BCUT2D eigenvalue weighted by Gasteiger charge is -2.20. The van der Waals surface area contributed by atoms with Crippen LogP contribution in [0.5, 0.6) is 0 Å². The maximum atomic E-state index is 5.27. The summed E-state index contributed by atoms with van der Waals surface area (Å²) in [6.07, 6.45) is 12.5. The Morgan fingerprint density at radius 2 is 1.59 bits per heavy atom. The zero-order chi connectivity index (χ0) is 13.0. The van der Waals surface area contributed by atoms with Crippen LogP contribution >= 0.6 is 0 Å². The monoisotopic (exact) mass is 256 g/mol. The number of hydrogen-bond donors (Lipinski definition) is 0. The van der Waals surface area contributed by atoms with Crippen molar-refractivity contribution in [2.24, 2.45) is 0 Å². The van der Waals surface area contributed by atoms with E-state index in [0.29, 0.717) is 0 Å². The van der Waals surface area contributed by atoms with Gasteiger partial charge in [0, 0.05) is 21.3 Å². The summed E-state index contributed by atoms with van der Waals surface area (Å²) in [6.45, 7) is 3.69. The molecule has 0 bridgehead atoms. The minimum Gasteiger partial charge on any atom is -0.374 e. The lowest BCUT2D eigenvalue weighted by molar-refractivity contribution is 0.138. The van der Waals surface area contributed by atoms with Crippen molar-refractivity contribution in [1.29, 1.82) is 0 Å². The Kier molecular flexibility index (Phi) is 10.0. The predicted molar refractivity (Wildman–Crippen MR) is 73.7 cm³/mol. The fourth-order valence-corrected chi connectivity index (χ4v) is 2.67. The van der Waals surface area contributed by atoms with Crippen LogP contribution in [0.2, 0.25) is 0 Å². The molecule has 0 unspecified atom stereocenters. The Labute approximate surface area is 106 Å². The number of hydrogen-bond acceptors (Lipinski definition) is 3. The third-order valence-corrected chi connectivity index (χ3v) is 4.74. The highest BCUT2D eigenvalue weighted by molar-refractivity contribution is 6.66. The van der Waals surface area contributed by atoms with Crippen molar-refractivity contribution in [2.75, 3.05) is 21.3 Å². The molecule has 0 saturated heterocycles. The average molecular weight is 256 g/mol. The number of rotatable bonds is 10. The Hall–Kier alpha value is -0.683. The SMILES string of the molecule is C=CCCC/C=C/C/C=C\[Si](OC)(OC)OC. The standard InChI is InChI=1S/C13H24O3Si/c1-5-6-7-8-9-10-11-12-13-17(14-2,15-3)16-4/h5,9-10,12-13H,1,6-8,11H2,2-4H3/b10-9+,13-12-. The van der Waals surface area contributed by atoms with E-state index in [9.17, 15) is 0 Å². The first kappa shape index (κ1) is 16.3. The molecular formula is C13H24O3Si. The molecule has 0 spiro atoms. The van der Waals surface area contributed by atoms with Crippen molar-refractivity contribution in [3.8, 4) is 0 Å². The van der Waals surface area contributed by atoms with Crippen molar-refractivity contribution < 1.29 is 13.3 Å². The van der Waals surface area contributed by atoms with E-state index in [2.05, 4.69) is 18.7 Å². The van der Waals surface area contributed by atoms with Crippen molar-refractivity contribution in [3.05, 3.63) is 36.6 Å². The van der Waals surface area contributed by atoms with Gasteiger partial charge in [-0.1, -0.05) is 24.3 Å². The molecule has 0 heterocycles. The molecule has 98 valence electrons. The summed E-state index contributed by atoms with van der Waals surface area (Å²) in [5, 5.41) is 0. The predicted octanol–water partition coefficient (Wildman–Crippen LogP) is 3.26. The van der Waals surface area contributed by atoms with Gasteiger partial charge in [0.1, 0.15) is 0 Å². The van der Waals surface area contributed by atoms with E-state index in [0.717, 1.165) is 25.7 Å². The summed E-state index contributed by atoms with van der Waals surface area (Å²) < 4.78 is 15.8. The zero-order valence-electron chi connectivity index (χ0n) is 11.1. The van der Waals surface area contributed by atoms with Crippen molar-refractivity contribution in [2.45, 2.75) is 25.7 Å². The summed E-state index contributed by atoms with van der Waals surface area (Å²) in [5.74, 6) is 0. The molecule has 0 radical (unpaired) electrons. The average Bonchev–Trinajstić information content (AvgIpc) is 2.38. The van der Waals surface area contributed by atoms with Gasteiger partial charge in [-0.25, -0.2) is 0 Å². The van der Waals surface area contributed by atoms with Gasteiger partial charge in [0.25, 0.3) is 0 Å². The quantitative estimate of drug-likeness (QED) is 0.341. The first-order chi connectivity index (χ1) is 8.24. The molecule has 0 rings (SSSR count). The van der Waals surface area contributed by atoms with E-state index < -0.39 is 8.80 Å². The van der Waals surface area contributed by atoms with Crippen LogP contribution in [0.4, 0.5) is 0 Å². The molecule has 0 saturated carbocycles. The van der Waals surface area contributed by atoms with Gasteiger partial charge < -0.3 is 13.3 Å². The zero-order valence-corrected chi connectivity index (χ0v) is 12.1. The largest absolute Gasteiger partial charge is 0.528 e. The van der Waals surface area contributed by atoms with E-state index in [1.165, 1.54) is 0 Å². The molecule has 4 heteroatoms. The molecule has 0 amide bonds. The van der Waals surface area contributed by atoms with Gasteiger partial charge in [-0.2, -0.15) is 0 Å². The fraction of sp³-hybridized carbons (Fsp3) is 0.538. The van der Waals surface area contributed by atoms with Crippen molar-refractivity contribution in [1.82, 2.24) is 0 Å². The van der Waals surface area contributed by atoms with Crippen LogP contribution in [0.25, 0.3) is 0 Å². The molecule has 0 fully saturated rings. The Balaban J connectivity index is 3.88. The Morgan fingerprint density at radius 1 is 0.941 bits per heavy atom. The maximum absolute atomic E-state index is 5.27. The first-order valence-electron chi connectivity index (χ1n) is 5.83. The summed E-state index contributed by atoms with van der Waals surface area (Å²) in [6, 6.07) is 0. The molecule has 17 heavy (non-hydrogen) atoms. The van der Waals surface area contributed by atoms with Gasteiger partial charge in [0.05, 0.1) is 0 Å². The Morgan fingerprint density at radius 3 is 2.12 bits per heavy atom. The first-order valence-corrected chi connectivity index (χ1v) is 7.64. The van der Waals surface area contributed by atoms with Gasteiger partial charge >= 0.3 is 8.80 Å². The third-order valence-electron chi connectivity index (χ3n) is 2.39. The van der Waals surface area contributed by atoms with Crippen LogP contribution in [0.1, 0.15) is 25.7 Å². The summed E-state index contributed by atoms with van der Waals surface area (Å²) in [7, 11) is 2.29. The van der Waals surface area contributed by atoms with Gasteiger partial charge in [-0.3, -0.25) is 0 Å². The molecule has 0 N–H and O–H groups in total. The van der Waals surface area contributed by atoms with E-state index in [1.54, 1.807) is 21.3 Å². The lowest BCUT2D eigenvalue weighted by Crippen LogP contribution is -2.40. The number of allylic oxidation sites excluding steroid dienone is 4. The highest BCUT2D eigenvalue weighted by Gasteiger charge is 2.33. The van der Waals surface area contributed by atoms with E-state index in [4.69, 9.17) is 13.3 Å². The van der Waals surface area contributed by atoms with Crippen molar-refractivity contribution >= 4 is 8.80 Å². The van der Waals surface area contributed by atoms with Crippen LogP contribution in [0, 0.1) is 0 Å². The van der Waals surface area contributed by atoms with Gasteiger partial charge in [-0.15, -0.1) is 6.58 Å². The minimum atomic E-state index is -2.53. The third kappa shape index (κ3) is 7.28. The second-order valence-electron chi connectivity index (χ2n) is 3.54.